The molecule has 1 rings (SSSR count). The van der Waals surface area contributed by atoms with Crippen LogP contribution in [-0.2, 0) is 0 Å². The second-order valence-electron chi connectivity index (χ2n) is 1.87. The van der Waals surface area contributed by atoms with E-state index in [4.69, 9.17) is 11.6 Å². The van der Waals surface area contributed by atoms with Crippen molar-refractivity contribution in [3.8, 4) is 0 Å². The van der Waals surface area contributed by atoms with E-state index in [2.05, 4.69) is 15.0 Å². The van der Waals surface area contributed by atoms with Crippen LogP contribution < -0.4 is 0 Å². The molecule has 0 aromatic carbocycles. The maximum Gasteiger partial charge on any atom is 0.149 e. The average molecular weight is 158 g/mol. The van der Waals surface area contributed by atoms with Gasteiger partial charge in [-0.1, -0.05) is 6.92 Å². The van der Waals surface area contributed by atoms with E-state index in [1.54, 1.807) is 0 Å². The number of rotatable bonds is 2. The summed E-state index contributed by atoms with van der Waals surface area (Å²) >= 11 is 5.84. The zero-order chi connectivity index (χ0) is 7.40. The van der Waals surface area contributed by atoms with Gasteiger partial charge in [-0.3, -0.25) is 0 Å². The summed E-state index contributed by atoms with van der Waals surface area (Å²) < 4.78 is 0. The fourth-order valence-corrected chi connectivity index (χ4v) is 0.705. The molecule has 0 aliphatic heterocycles. The number of hydrogen-bond acceptors (Lipinski definition) is 3. The Balaban J connectivity index is 2.75. The Hall–Kier alpha value is -0.700. The van der Waals surface area contributed by atoms with Gasteiger partial charge < -0.3 is 0 Å². The smallest absolute Gasteiger partial charge is 0.149 e. The van der Waals surface area contributed by atoms with Crippen molar-refractivity contribution >= 4 is 11.6 Å². The molecule has 10 heavy (non-hydrogen) atoms. The summed E-state index contributed by atoms with van der Waals surface area (Å²) in [5, 5.41) is -0.0806. The highest BCUT2D eigenvalue weighted by atomic mass is 35.5. The minimum Gasteiger partial charge on any atom is -0.225 e. The van der Waals surface area contributed by atoms with Gasteiger partial charge in [0.15, 0.2) is 0 Å². The maximum atomic E-state index is 5.84. The summed E-state index contributed by atoms with van der Waals surface area (Å²) in [7, 11) is 0. The molecule has 0 aliphatic rings. The average Bonchev–Trinajstić information content (AvgIpc) is 2.05. The van der Waals surface area contributed by atoms with E-state index < -0.39 is 0 Å². The fraction of sp³-hybridized carbons (Fsp3) is 0.500. The zero-order valence-electron chi connectivity index (χ0n) is 5.66. The summed E-state index contributed by atoms with van der Waals surface area (Å²) in [5.41, 5.74) is 0. The van der Waals surface area contributed by atoms with Gasteiger partial charge >= 0.3 is 0 Å². The lowest BCUT2D eigenvalue weighted by atomic mass is 10.3. The van der Waals surface area contributed by atoms with Gasteiger partial charge in [0.25, 0.3) is 0 Å². The lowest BCUT2D eigenvalue weighted by Crippen LogP contribution is -1.96. The predicted molar refractivity (Wildman–Crippen MR) is 38.7 cm³/mol. The monoisotopic (exact) mass is 157 g/mol. The van der Waals surface area contributed by atoms with Crippen LogP contribution in [0.4, 0.5) is 0 Å². The van der Waals surface area contributed by atoms with Crippen LogP contribution >= 0.6 is 11.6 Å². The van der Waals surface area contributed by atoms with Gasteiger partial charge in [0.05, 0.1) is 5.38 Å². The van der Waals surface area contributed by atoms with Crippen LogP contribution in [0.1, 0.15) is 24.5 Å². The summed E-state index contributed by atoms with van der Waals surface area (Å²) in [6.45, 7) is 1.99. The van der Waals surface area contributed by atoms with Gasteiger partial charge in [0.1, 0.15) is 18.5 Å². The summed E-state index contributed by atoms with van der Waals surface area (Å²) in [6.07, 6.45) is 3.74. The summed E-state index contributed by atoms with van der Waals surface area (Å²) in [4.78, 5) is 11.5. The molecule has 54 valence electrons. The molecular formula is C6H8ClN3. The molecule has 1 unspecified atom stereocenters. The van der Waals surface area contributed by atoms with Crippen molar-refractivity contribution in [2.24, 2.45) is 0 Å². The molecule has 1 aromatic rings. The Morgan fingerprint density at radius 1 is 1.50 bits per heavy atom. The van der Waals surface area contributed by atoms with E-state index in [9.17, 15) is 0 Å². The van der Waals surface area contributed by atoms with Crippen LogP contribution in [0.3, 0.4) is 0 Å². The van der Waals surface area contributed by atoms with Crippen LogP contribution in [0.2, 0.25) is 0 Å². The molecule has 0 aliphatic carbocycles. The highest BCUT2D eigenvalue weighted by Crippen LogP contribution is 2.17. The second kappa shape index (κ2) is 3.46. The highest BCUT2D eigenvalue weighted by Gasteiger charge is 2.05. The zero-order valence-corrected chi connectivity index (χ0v) is 6.41. The van der Waals surface area contributed by atoms with E-state index in [1.165, 1.54) is 12.7 Å². The van der Waals surface area contributed by atoms with E-state index in [0.29, 0.717) is 5.82 Å². The van der Waals surface area contributed by atoms with Crippen molar-refractivity contribution in [2.75, 3.05) is 0 Å². The summed E-state index contributed by atoms with van der Waals surface area (Å²) in [6, 6.07) is 0. The van der Waals surface area contributed by atoms with E-state index in [0.717, 1.165) is 6.42 Å². The summed E-state index contributed by atoms with van der Waals surface area (Å²) in [5.74, 6) is 0.652. The molecular weight excluding hydrogens is 150 g/mol. The van der Waals surface area contributed by atoms with Crippen LogP contribution in [-0.4, -0.2) is 15.0 Å². The number of halogens is 1. The van der Waals surface area contributed by atoms with E-state index >= 15 is 0 Å². The number of alkyl halides is 1. The Bertz CT molecular complexity index is 189. The number of nitrogens with zero attached hydrogens (tertiary/aromatic N) is 3. The molecule has 1 atom stereocenters. The molecule has 0 saturated carbocycles. The normalized spacial score (nSPS) is 13.0. The SMILES string of the molecule is CCC(Cl)c1ncncn1. The predicted octanol–water partition coefficient (Wildman–Crippen LogP) is 1.56. The van der Waals surface area contributed by atoms with Crippen molar-refractivity contribution in [1.82, 2.24) is 15.0 Å². The largest absolute Gasteiger partial charge is 0.225 e. The van der Waals surface area contributed by atoms with Crippen LogP contribution in [0.15, 0.2) is 12.7 Å². The van der Waals surface area contributed by atoms with Crippen LogP contribution in [0.25, 0.3) is 0 Å². The van der Waals surface area contributed by atoms with Gasteiger partial charge in [-0.25, -0.2) is 15.0 Å². The minimum absolute atomic E-state index is 0.0806. The molecule has 1 aromatic heterocycles. The molecule has 0 fully saturated rings. The highest BCUT2D eigenvalue weighted by molar-refractivity contribution is 6.20. The lowest BCUT2D eigenvalue weighted by Gasteiger charge is -2.00. The third-order valence-corrected chi connectivity index (χ3v) is 1.66. The topological polar surface area (TPSA) is 38.7 Å². The molecule has 0 radical (unpaired) electrons. The van der Waals surface area contributed by atoms with Crippen molar-refractivity contribution in [3.05, 3.63) is 18.5 Å². The second-order valence-corrected chi connectivity index (χ2v) is 2.40. The van der Waals surface area contributed by atoms with Crippen molar-refractivity contribution in [2.45, 2.75) is 18.7 Å². The number of aromatic nitrogens is 3. The first-order valence-corrected chi connectivity index (χ1v) is 3.54. The minimum atomic E-state index is -0.0806. The number of hydrogen-bond donors (Lipinski definition) is 0. The van der Waals surface area contributed by atoms with Gasteiger partial charge in [0.2, 0.25) is 0 Å². The molecule has 0 spiro atoms. The Morgan fingerprint density at radius 2 is 2.10 bits per heavy atom. The molecule has 4 heteroatoms. The quantitative estimate of drug-likeness (QED) is 0.612. The Morgan fingerprint density at radius 3 is 2.60 bits per heavy atom. The molecule has 0 bridgehead atoms. The van der Waals surface area contributed by atoms with E-state index in [-0.39, 0.29) is 5.38 Å². The standard InChI is InChI=1S/C6H8ClN3/c1-2-5(7)6-9-3-8-4-10-6/h3-5H,2H2,1H3. The van der Waals surface area contributed by atoms with Gasteiger partial charge in [-0.05, 0) is 6.42 Å². The Labute approximate surface area is 64.5 Å². The van der Waals surface area contributed by atoms with Crippen LogP contribution in [0.5, 0.6) is 0 Å². The third-order valence-electron chi connectivity index (χ3n) is 1.15. The Kier molecular flexibility index (Phi) is 2.57. The van der Waals surface area contributed by atoms with Gasteiger partial charge in [-0.2, -0.15) is 0 Å². The first-order chi connectivity index (χ1) is 4.84. The molecule has 0 amide bonds. The van der Waals surface area contributed by atoms with Crippen molar-refractivity contribution in [3.63, 3.8) is 0 Å². The fourth-order valence-electron chi connectivity index (χ4n) is 0.592. The van der Waals surface area contributed by atoms with Crippen molar-refractivity contribution < 1.29 is 0 Å². The molecule has 0 saturated heterocycles. The third kappa shape index (κ3) is 1.64. The maximum absolute atomic E-state index is 5.84. The van der Waals surface area contributed by atoms with Gasteiger partial charge in [-0.15, -0.1) is 11.6 Å². The molecule has 1 heterocycles. The first kappa shape index (κ1) is 7.41. The molecule has 3 nitrogen and oxygen atoms in total. The lowest BCUT2D eigenvalue weighted by molar-refractivity contribution is 0.787. The van der Waals surface area contributed by atoms with E-state index in [1.807, 2.05) is 6.92 Å². The van der Waals surface area contributed by atoms with Crippen molar-refractivity contribution in [1.29, 1.82) is 0 Å². The first-order valence-electron chi connectivity index (χ1n) is 3.10. The van der Waals surface area contributed by atoms with Crippen LogP contribution in [0, 0.1) is 0 Å². The van der Waals surface area contributed by atoms with Gasteiger partial charge in [0, 0.05) is 0 Å². The molecule has 0 N–H and O–H groups in total.